The van der Waals surface area contributed by atoms with E-state index < -0.39 is 0 Å². The molecule has 0 aromatic heterocycles. The molecule has 1 saturated carbocycles. The molecule has 2 atom stereocenters. The molecule has 0 amide bonds. The fourth-order valence-corrected chi connectivity index (χ4v) is 3.04. The van der Waals surface area contributed by atoms with Crippen LogP contribution in [0.25, 0.3) is 0 Å². The van der Waals surface area contributed by atoms with Crippen molar-refractivity contribution in [1.29, 1.82) is 0 Å². The first-order chi connectivity index (χ1) is 8.32. The van der Waals surface area contributed by atoms with E-state index >= 15 is 0 Å². The minimum Gasteiger partial charge on any atom is -0.394 e. The first kappa shape index (κ1) is 14.3. The first-order valence-corrected chi connectivity index (χ1v) is 7.43. The van der Waals surface area contributed by atoms with Crippen LogP contribution < -0.4 is 5.32 Å². The van der Waals surface area contributed by atoms with Crippen molar-refractivity contribution >= 4 is 0 Å². The monoisotopic (exact) mass is 254 g/mol. The number of nitrogens with one attached hydrogen (secondary N) is 1. The third-order valence-electron chi connectivity index (χ3n) is 4.55. The lowest BCUT2D eigenvalue weighted by Crippen LogP contribution is -2.54. The van der Waals surface area contributed by atoms with E-state index in [4.69, 9.17) is 0 Å². The number of hydrogen-bond donors (Lipinski definition) is 2. The Morgan fingerprint density at radius 1 is 1.17 bits per heavy atom. The van der Waals surface area contributed by atoms with E-state index in [-0.39, 0.29) is 12.1 Å². The summed E-state index contributed by atoms with van der Waals surface area (Å²) < 4.78 is 0. The van der Waals surface area contributed by atoms with Crippen molar-refractivity contribution in [3.05, 3.63) is 0 Å². The van der Waals surface area contributed by atoms with Crippen LogP contribution in [0.1, 0.15) is 47.0 Å². The summed E-state index contributed by atoms with van der Waals surface area (Å²) in [4.78, 5) is 2.53. The molecule has 106 valence electrons. The summed E-state index contributed by atoms with van der Waals surface area (Å²) in [5.41, 5.74) is 0.294. The van der Waals surface area contributed by atoms with Crippen molar-refractivity contribution in [3.8, 4) is 0 Å². The van der Waals surface area contributed by atoms with E-state index in [1.807, 2.05) is 0 Å². The van der Waals surface area contributed by atoms with Crippen molar-refractivity contribution in [1.82, 2.24) is 10.2 Å². The summed E-state index contributed by atoms with van der Waals surface area (Å²) in [6.07, 6.45) is 3.86. The second-order valence-corrected chi connectivity index (χ2v) is 7.72. The molecule has 0 aromatic carbocycles. The lowest BCUT2D eigenvalue weighted by atomic mass is 9.80. The minimum absolute atomic E-state index is 0.117. The number of likely N-dealkylation sites (tertiary alicyclic amines) is 1. The van der Waals surface area contributed by atoms with Crippen LogP contribution in [0, 0.1) is 11.3 Å². The van der Waals surface area contributed by atoms with E-state index in [9.17, 15) is 5.11 Å². The van der Waals surface area contributed by atoms with Gasteiger partial charge in [0.05, 0.1) is 12.1 Å². The van der Waals surface area contributed by atoms with Gasteiger partial charge in [0, 0.05) is 19.1 Å². The number of rotatable bonds is 5. The van der Waals surface area contributed by atoms with Crippen LogP contribution in [0.4, 0.5) is 0 Å². The number of aliphatic hydroxyl groups is 1. The van der Waals surface area contributed by atoms with E-state index in [0.29, 0.717) is 11.5 Å². The fraction of sp³-hybridized carbons (Fsp3) is 1.00. The number of hydrogen-bond acceptors (Lipinski definition) is 3. The highest BCUT2D eigenvalue weighted by Gasteiger charge is 2.37. The van der Waals surface area contributed by atoms with Crippen molar-refractivity contribution in [3.63, 3.8) is 0 Å². The maximum atomic E-state index is 9.66. The molecular formula is C15H30N2O. The Morgan fingerprint density at radius 2 is 1.83 bits per heavy atom. The third-order valence-corrected chi connectivity index (χ3v) is 4.55. The molecule has 3 heteroatoms. The van der Waals surface area contributed by atoms with Gasteiger partial charge in [0.25, 0.3) is 0 Å². The molecule has 0 spiro atoms. The van der Waals surface area contributed by atoms with Gasteiger partial charge < -0.3 is 15.3 Å². The Balaban J connectivity index is 1.85. The Labute approximate surface area is 112 Å². The molecule has 2 N–H and O–H groups in total. The topological polar surface area (TPSA) is 35.5 Å². The Kier molecular flexibility index (Phi) is 4.05. The molecule has 1 aliphatic carbocycles. The van der Waals surface area contributed by atoms with Gasteiger partial charge in [-0.25, -0.2) is 0 Å². The van der Waals surface area contributed by atoms with Crippen LogP contribution in [0.3, 0.4) is 0 Å². The highest BCUT2D eigenvalue weighted by atomic mass is 16.3. The minimum atomic E-state index is -0.117. The molecular weight excluding hydrogens is 224 g/mol. The first-order valence-electron chi connectivity index (χ1n) is 7.43. The largest absolute Gasteiger partial charge is 0.394 e. The second kappa shape index (κ2) is 5.10. The molecule has 1 saturated heterocycles. The van der Waals surface area contributed by atoms with E-state index in [0.717, 1.165) is 12.5 Å². The molecule has 2 fully saturated rings. The summed E-state index contributed by atoms with van der Waals surface area (Å²) in [6, 6.07) is 0.656. The highest BCUT2D eigenvalue weighted by molar-refractivity contribution is 4.96. The van der Waals surface area contributed by atoms with E-state index in [1.165, 1.54) is 32.4 Å². The highest BCUT2D eigenvalue weighted by Crippen LogP contribution is 2.34. The van der Waals surface area contributed by atoms with Crippen LogP contribution in [-0.4, -0.2) is 47.8 Å². The summed E-state index contributed by atoms with van der Waals surface area (Å²) >= 11 is 0. The van der Waals surface area contributed by atoms with Crippen molar-refractivity contribution in [2.45, 2.75) is 58.5 Å². The number of aliphatic hydroxyl groups excluding tert-OH is 1. The van der Waals surface area contributed by atoms with Gasteiger partial charge in [0.15, 0.2) is 0 Å². The van der Waals surface area contributed by atoms with Gasteiger partial charge in [0.1, 0.15) is 0 Å². The molecule has 18 heavy (non-hydrogen) atoms. The van der Waals surface area contributed by atoms with Crippen molar-refractivity contribution in [2.24, 2.45) is 11.3 Å². The summed E-state index contributed by atoms with van der Waals surface area (Å²) in [6.45, 7) is 12.8. The fourth-order valence-electron chi connectivity index (χ4n) is 3.04. The van der Waals surface area contributed by atoms with Crippen LogP contribution in [0.5, 0.6) is 0 Å². The Bertz CT molecular complexity index is 283. The average Bonchev–Trinajstić information content (AvgIpc) is 2.92. The normalized spacial score (nSPS) is 29.5. The third kappa shape index (κ3) is 3.69. The van der Waals surface area contributed by atoms with Crippen molar-refractivity contribution in [2.75, 3.05) is 26.2 Å². The van der Waals surface area contributed by atoms with Gasteiger partial charge in [-0.2, -0.15) is 0 Å². The molecule has 0 aromatic rings. The molecule has 0 radical (unpaired) electrons. The summed E-state index contributed by atoms with van der Waals surface area (Å²) in [5, 5.41) is 13.3. The van der Waals surface area contributed by atoms with Crippen molar-refractivity contribution < 1.29 is 5.11 Å². The zero-order valence-corrected chi connectivity index (χ0v) is 12.5. The molecule has 1 heterocycles. The lowest BCUT2D eigenvalue weighted by Gasteiger charge is -2.34. The molecule has 1 aliphatic heterocycles. The van der Waals surface area contributed by atoms with Gasteiger partial charge in [-0.15, -0.1) is 0 Å². The van der Waals surface area contributed by atoms with Crippen LogP contribution in [0.15, 0.2) is 0 Å². The predicted octanol–water partition coefficient (Wildman–Crippen LogP) is 1.86. The molecule has 2 unspecified atom stereocenters. The molecule has 3 nitrogen and oxygen atoms in total. The maximum Gasteiger partial charge on any atom is 0.0623 e. The van der Waals surface area contributed by atoms with Crippen LogP contribution in [-0.2, 0) is 0 Å². The van der Waals surface area contributed by atoms with Gasteiger partial charge in [-0.1, -0.05) is 20.8 Å². The van der Waals surface area contributed by atoms with Gasteiger partial charge in [-0.05, 0) is 44.1 Å². The maximum absolute atomic E-state index is 9.66. The second-order valence-electron chi connectivity index (χ2n) is 7.72. The van der Waals surface area contributed by atoms with Gasteiger partial charge in [0.2, 0.25) is 0 Å². The number of nitrogens with zero attached hydrogens (tertiary/aromatic N) is 1. The SMILES string of the molecule is CC(CO)(CN1CCC(C(C)(C)C)C1)NC1CC1. The standard InChI is InChI=1S/C15H30N2O/c1-14(2,3)12-7-8-17(9-12)10-15(4,11-18)16-13-5-6-13/h12-13,16,18H,5-11H2,1-4H3. The lowest BCUT2D eigenvalue weighted by molar-refractivity contribution is 0.123. The summed E-state index contributed by atoms with van der Waals surface area (Å²) in [5.74, 6) is 0.793. The quantitative estimate of drug-likeness (QED) is 0.786. The molecule has 2 aliphatic rings. The van der Waals surface area contributed by atoms with Gasteiger partial charge >= 0.3 is 0 Å². The van der Waals surface area contributed by atoms with E-state index in [2.05, 4.69) is 37.9 Å². The zero-order chi connectivity index (χ0) is 13.4. The molecule has 2 rings (SSSR count). The van der Waals surface area contributed by atoms with Crippen LogP contribution in [0.2, 0.25) is 0 Å². The smallest absolute Gasteiger partial charge is 0.0623 e. The Morgan fingerprint density at radius 3 is 2.28 bits per heavy atom. The molecule has 0 bridgehead atoms. The van der Waals surface area contributed by atoms with Gasteiger partial charge in [-0.3, -0.25) is 0 Å². The van der Waals surface area contributed by atoms with Crippen LogP contribution >= 0.6 is 0 Å². The Hall–Kier alpha value is -0.120. The van der Waals surface area contributed by atoms with E-state index in [1.54, 1.807) is 0 Å². The average molecular weight is 254 g/mol. The summed E-state index contributed by atoms with van der Waals surface area (Å²) in [7, 11) is 0. The zero-order valence-electron chi connectivity index (χ0n) is 12.5. The predicted molar refractivity (Wildman–Crippen MR) is 75.7 cm³/mol.